The maximum atomic E-state index is 12.4. The third-order valence-electron chi connectivity index (χ3n) is 4.29. The first-order valence-corrected chi connectivity index (χ1v) is 8.22. The zero-order valence-corrected chi connectivity index (χ0v) is 13.2. The van der Waals surface area contributed by atoms with Crippen LogP contribution in [0.25, 0.3) is 0 Å². The number of anilines is 2. The first-order valence-electron chi connectivity index (χ1n) is 8.22. The molecular weight excluding hydrogens is 304 g/mol. The van der Waals surface area contributed by atoms with Gasteiger partial charge in [-0.15, -0.1) is 0 Å². The Kier molecular flexibility index (Phi) is 3.72. The molecule has 2 aliphatic carbocycles. The summed E-state index contributed by atoms with van der Waals surface area (Å²) in [4.78, 5) is 32.5. The van der Waals surface area contributed by atoms with Gasteiger partial charge in [0.05, 0.1) is 11.9 Å². The molecule has 2 aromatic rings. The Labute approximate surface area is 139 Å². The highest BCUT2D eigenvalue weighted by Gasteiger charge is 2.29. The summed E-state index contributed by atoms with van der Waals surface area (Å²) < 4.78 is 0. The minimum atomic E-state index is -0.242. The van der Waals surface area contributed by atoms with E-state index >= 15 is 0 Å². The highest BCUT2D eigenvalue weighted by Crippen LogP contribution is 2.40. The monoisotopic (exact) mass is 322 g/mol. The van der Waals surface area contributed by atoms with Crippen molar-refractivity contribution in [3.05, 3.63) is 47.9 Å². The number of hydrogen-bond acceptors (Lipinski definition) is 4. The summed E-state index contributed by atoms with van der Waals surface area (Å²) in [5, 5.41) is 5.61. The van der Waals surface area contributed by atoms with Gasteiger partial charge in [-0.05, 0) is 55.4 Å². The van der Waals surface area contributed by atoms with Crippen molar-refractivity contribution < 1.29 is 9.59 Å². The zero-order valence-electron chi connectivity index (χ0n) is 13.2. The van der Waals surface area contributed by atoms with Gasteiger partial charge in [0, 0.05) is 23.9 Å². The van der Waals surface area contributed by atoms with Crippen molar-refractivity contribution in [1.82, 2.24) is 9.97 Å². The fourth-order valence-corrected chi connectivity index (χ4v) is 2.58. The molecular formula is C18H18N4O2. The fourth-order valence-electron chi connectivity index (χ4n) is 2.58. The number of nitrogens with zero attached hydrogens (tertiary/aromatic N) is 2. The Morgan fingerprint density at radius 2 is 1.88 bits per heavy atom. The van der Waals surface area contributed by atoms with E-state index in [0.717, 1.165) is 12.8 Å². The van der Waals surface area contributed by atoms with Crippen molar-refractivity contribution in [3.8, 4) is 0 Å². The number of pyridine rings is 2. The lowest BCUT2D eigenvalue weighted by molar-refractivity contribution is -0.117. The topological polar surface area (TPSA) is 84.0 Å². The van der Waals surface area contributed by atoms with Gasteiger partial charge in [-0.2, -0.15) is 0 Å². The van der Waals surface area contributed by atoms with Gasteiger partial charge >= 0.3 is 0 Å². The first-order chi connectivity index (χ1) is 11.7. The molecule has 0 atom stereocenters. The largest absolute Gasteiger partial charge is 0.321 e. The number of nitrogens with one attached hydrogen (secondary N) is 2. The molecule has 2 aromatic heterocycles. The average Bonchev–Trinajstić information content (AvgIpc) is 3.48. The molecule has 0 bridgehead atoms. The van der Waals surface area contributed by atoms with Crippen LogP contribution in [0.5, 0.6) is 0 Å². The standard InChI is InChI=1S/C18H18N4O2/c23-17(12-3-4-12)22-16-8-13(5-6-20-16)18(24)21-15-7-14(9-19-10-15)11-1-2-11/h5-12H,1-4H2,(H,21,24)(H,20,22,23). The predicted octanol–water partition coefficient (Wildman–Crippen LogP) is 2.95. The second-order valence-electron chi connectivity index (χ2n) is 6.43. The summed E-state index contributed by atoms with van der Waals surface area (Å²) in [5.74, 6) is 0.819. The molecule has 6 heteroatoms. The van der Waals surface area contributed by atoms with Crippen LogP contribution in [-0.2, 0) is 4.79 Å². The van der Waals surface area contributed by atoms with Crippen molar-refractivity contribution in [2.45, 2.75) is 31.6 Å². The molecule has 6 nitrogen and oxygen atoms in total. The van der Waals surface area contributed by atoms with Crippen molar-refractivity contribution in [1.29, 1.82) is 0 Å². The van der Waals surface area contributed by atoms with Crippen LogP contribution in [0.2, 0.25) is 0 Å². The van der Waals surface area contributed by atoms with Gasteiger partial charge in [0.15, 0.2) is 0 Å². The van der Waals surface area contributed by atoms with E-state index in [1.165, 1.54) is 24.6 Å². The van der Waals surface area contributed by atoms with Crippen LogP contribution >= 0.6 is 0 Å². The van der Waals surface area contributed by atoms with E-state index in [0.29, 0.717) is 23.0 Å². The number of carbonyl (C=O) groups excluding carboxylic acids is 2. The molecule has 0 unspecified atom stereocenters. The molecule has 122 valence electrons. The van der Waals surface area contributed by atoms with Gasteiger partial charge in [-0.3, -0.25) is 14.6 Å². The lowest BCUT2D eigenvalue weighted by Gasteiger charge is -2.08. The first kappa shape index (κ1) is 14.8. The van der Waals surface area contributed by atoms with Gasteiger partial charge in [0.2, 0.25) is 5.91 Å². The van der Waals surface area contributed by atoms with Gasteiger partial charge < -0.3 is 10.6 Å². The average molecular weight is 322 g/mol. The SMILES string of the molecule is O=C(Nc1cncc(C2CC2)c1)c1ccnc(NC(=O)C2CC2)c1. The summed E-state index contributed by atoms with van der Waals surface area (Å²) in [6.45, 7) is 0. The normalized spacial score (nSPS) is 16.5. The van der Waals surface area contributed by atoms with Crippen LogP contribution in [0, 0.1) is 5.92 Å². The van der Waals surface area contributed by atoms with Crippen LogP contribution in [0.1, 0.15) is 47.5 Å². The highest BCUT2D eigenvalue weighted by atomic mass is 16.2. The second-order valence-corrected chi connectivity index (χ2v) is 6.43. The third-order valence-corrected chi connectivity index (χ3v) is 4.29. The lowest BCUT2D eigenvalue weighted by atomic mass is 10.2. The van der Waals surface area contributed by atoms with Crippen molar-refractivity contribution in [2.24, 2.45) is 5.92 Å². The van der Waals surface area contributed by atoms with Crippen LogP contribution in [0.4, 0.5) is 11.5 Å². The van der Waals surface area contributed by atoms with E-state index in [1.54, 1.807) is 18.3 Å². The molecule has 24 heavy (non-hydrogen) atoms. The molecule has 2 aliphatic rings. The van der Waals surface area contributed by atoms with Crippen LogP contribution in [0.15, 0.2) is 36.8 Å². The number of rotatable bonds is 5. The Morgan fingerprint density at radius 1 is 1.04 bits per heavy atom. The van der Waals surface area contributed by atoms with Crippen LogP contribution in [-0.4, -0.2) is 21.8 Å². The molecule has 0 saturated heterocycles. The zero-order chi connectivity index (χ0) is 16.5. The summed E-state index contributed by atoms with van der Waals surface area (Å²) in [5.41, 5.74) is 2.30. The van der Waals surface area contributed by atoms with Gasteiger partial charge in [0.1, 0.15) is 5.82 Å². The molecule has 2 fully saturated rings. The quantitative estimate of drug-likeness (QED) is 0.886. The summed E-state index contributed by atoms with van der Waals surface area (Å²) in [6, 6.07) is 5.19. The minimum Gasteiger partial charge on any atom is -0.321 e. The van der Waals surface area contributed by atoms with Crippen LogP contribution < -0.4 is 10.6 Å². The van der Waals surface area contributed by atoms with Crippen molar-refractivity contribution in [3.63, 3.8) is 0 Å². The molecule has 0 radical (unpaired) electrons. The summed E-state index contributed by atoms with van der Waals surface area (Å²) >= 11 is 0. The van der Waals surface area contributed by atoms with E-state index in [9.17, 15) is 9.59 Å². The number of carbonyl (C=O) groups is 2. The number of amides is 2. The van der Waals surface area contributed by atoms with E-state index in [-0.39, 0.29) is 17.7 Å². The molecule has 2 amide bonds. The van der Waals surface area contributed by atoms with E-state index in [1.807, 2.05) is 12.3 Å². The maximum Gasteiger partial charge on any atom is 0.255 e. The third kappa shape index (κ3) is 3.42. The molecule has 2 saturated carbocycles. The minimum absolute atomic E-state index is 0.0265. The highest BCUT2D eigenvalue weighted by molar-refractivity contribution is 6.05. The van der Waals surface area contributed by atoms with Gasteiger partial charge in [-0.25, -0.2) is 4.98 Å². The Balaban J connectivity index is 1.45. The van der Waals surface area contributed by atoms with Crippen LogP contribution in [0.3, 0.4) is 0 Å². The Hall–Kier alpha value is -2.76. The van der Waals surface area contributed by atoms with Crippen molar-refractivity contribution >= 4 is 23.3 Å². The molecule has 2 N–H and O–H groups in total. The number of aromatic nitrogens is 2. The maximum absolute atomic E-state index is 12.4. The smallest absolute Gasteiger partial charge is 0.255 e. The summed E-state index contributed by atoms with van der Waals surface area (Å²) in [7, 11) is 0. The molecule has 4 rings (SSSR count). The predicted molar refractivity (Wildman–Crippen MR) is 89.8 cm³/mol. The molecule has 0 spiro atoms. The fraction of sp³-hybridized carbons (Fsp3) is 0.333. The van der Waals surface area contributed by atoms with E-state index in [4.69, 9.17) is 0 Å². The Bertz CT molecular complexity index is 797. The molecule has 0 aliphatic heterocycles. The van der Waals surface area contributed by atoms with E-state index in [2.05, 4.69) is 20.6 Å². The molecule has 0 aromatic carbocycles. The van der Waals surface area contributed by atoms with Gasteiger partial charge in [0.25, 0.3) is 5.91 Å². The molecule has 2 heterocycles. The summed E-state index contributed by atoms with van der Waals surface area (Å²) in [6.07, 6.45) is 9.25. The second kappa shape index (κ2) is 6.03. The Morgan fingerprint density at radius 3 is 2.62 bits per heavy atom. The number of hydrogen-bond donors (Lipinski definition) is 2. The van der Waals surface area contributed by atoms with E-state index < -0.39 is 0 Å². The van der Waals surface area contributed by atoms with Crippen molar-refractivity contribution in [2.75, 3.05) is 10.6 Å². The van der Waals surface area contributed by atoms with Gasteiger partial charge in [-0.1, -0.05) is 0 Å². The lowest BCUT2D eigenvalue weighted by Crippen LogP contribution is -2.16.